The molecule has 0 bridgehead atoms. The fraction of sp³-hybridized carbons (Fsp3) is 0.500. The van der Waals surface area contributed by atoms with Gasteiger partial charge in [-0.15, -0.1) is 0 Å². The van der Waals surface area contributed by atoms with E-state index >= 15 is 0 Å². The van der Waals surface area contributed by atoms with Crippen molar-refractivity contribution in [2.24, 2.45) is 11.8 Å². The number of hydrogen-bond acceptors (Lipinski definition) is 2. The number of carbonyl (C=O) groups is 1. The number of amides is 2. The number of pyridine rings is 1. The summed E-state index contributed by atoms with van der Waals surface area (Å²) in [5.41, 5.74) is 1.53. The van der Waals surface area contributed by atoms with E-state index in [2.05, 4.69) is 17.2 Å². The van der Waals surface area contributed by atoms with Crippen LogP contribution in [0.15, 0.2) is 35.1 Å². The molecular formula is C20H25N3O2. The second-order valence-electron chi connectivity index (χ2n) is 7.51. The highest BCUT2D eigenvalue weighted by Gasteiger charge is 2.42. The number of rotatable bonds is 2. The first-order valence-corrected chi connectivity index (χ1v) is 9.29. The number of nitrogens with one attached hydrogen (secondary N) is 2. The molecule has 2 fully saturated rings. The van der Waals surface area contributed by atoms with Crippen molar-refractivity contribution in [2.75, 3.05) is 6.54 Å². The fourth-order valence-corrected chi connectivity index (χ4v) is 4.70. The van der Waals surface area contributed by atoms with Crippen molar-refractivity contribution in [2.45, 2.75) is 45.2 Å². The van der Waals surface area contributed by atoms with Gasteiger partial charge in [-0.25, -0.2) is 4.79 Å². The minimum absolute atomic E-state index is 0.00520. The molecule has 2 aromatic rings. The minimum atomic E-state index is -0.134. The van der Waals surface area contributed by atoms with Gasteiger partial charge in [0, 0.05) is 36.1 Å². The summed E-state index contributed by atoms with van der Waals surface area (Å²) in [6.45, 7) is 3.49. The van der Waals surface area contributed by atoms with Gasteiger partial charge in [0.05, 0.1) is 0 Å². The lowest BCUT2D eigenvalue weighted by Crippen LogP contribution is -2.44. The number of hydrogen-bond donors (Lipinski definition) is 2. The van der Waals surface area contributed by atoms with Crippen LogP contribution in [0, 0.1) is 11.8 Å². The average molecular weight is 339 g/mol. The van der Waals surface area contributed by atoms with Crippen molar-refractivity contribution < 1.29 is 4.79 Å². The van der Waals surface area contributed by atoms with Crippen molar-refractivity contribution in [1.82, 2.24) is 15.2 Å². The number of fused-ring (bicyclic) bond motifs is 2. The Morgan fingerprint density at radius 1 is 1.28 bits per heavy atom. The number of likely N-dealkylation sites (tertiary alicyclic amines) is 1. The van der Waals surface area contributed by atoms with E-state index in [1.807, 2.05) is 29.2 Å². The van der Waals surface area contributed by atoms with Gasteiger partial charge >= 0.3 is 6.03 Å². The van der Waals surface area contributed by atoms with Gasteiger partial charge in [-0.2, -0.15) is 0 Å². The van der Waals surface area contributed by atoms with E-state index in [9.17, 15) is 9.59 Å². The first-order valence-electron chi connectivity index (χ1n) is 9.29. The molecule has 1 aromatic heterocycles. The van der Waals surface area contributed by atoms with Crippen LogP contribution in [0.2, 0.25) is 0 Å². The Balaban J connectivity index is 1.50. The number of urea groups is 1. The van der Waals surface area contributed by atoms with Crippen molar-refractivity contribution in [1.29, 1.82) is 0 Å². The molecule has 0 spiro atoms. The molecule has 1 saturated heterocycles. The Labute approximate surface area is 147 Å². The lowest BCUT2D eigenvalue weighted by molar-refractivity contribution is 0.168. The molecule has 1 aromatic carbocycles. The van der Waals surface area contributed by atoms with Crippen LogP contribution in [0.5, 0.6) is 0 Å². The Morgan fingerprint density at radius 3 is 2.96 bits per heavy atom. The molecule has 2 heterocycles. The molecule has 5 nitrogen and oxygen atoms in total. The monoisotopic (exact) mass is 339 g/mol. The molecule has 1 aliphatic heterocycles. The van der Waals surface area contributed by atoms with Crippen molar-refractivity contribution in [3.05, 3.63) is 46.2 Å². The zero-order valence-corrected chi connectivity index (χ0v) is 14.6. The van der Waals surface area contributed by atoms with E-state index in [4.69, 9.17) is 0 Å². The molecule has 2 N–H and O–H groups in total. The molecule has 2 amide bonds. The maximum atomic E-state index is 12.8. The number of nitrogens with zero attached hydrogens (tertiary/aromatic N) is 1. The van der Waals surface area contributed by atoms with Crippen LogP contribution in [0.25, 0.3) is 10.9 Å². The summed E-state index contributed by atoms with van der Waals surface area (Å²) in [5.74, 6) is 1.23. The summed E-state index contributed by atoms with van der Waals surface area (Å²) in [5, 5.41) is 4.03. The second-order valence-corrected chi connectivity index (χ2v) is 7.51. The quantitative estimate of drug-likeness (QED) is 0.882. The van der Waals surface area contributed by atoms with Crippen LogP contribution in [0.3, 0.4) is 0 Å². The summed E-state index contributed by atoms with van der Waals surface area (Å²) in [6, 6.07) is 9.68. The van der Waals surface area contributed by atoms with Gasteiger partial charge in [0.1, 0.15) is 0 Å². The molecule has 25 heavy (non-hydrogen) atoms. The number of carbonyl (C=O) groups excluding carboxylic acids is 1. The van der Waals surface area contributed by atoms with Crippen molar-refractivity contribution in [3.8, 4) is 0 Å². The maximum Gasteiger partial charge on any atom is 0.317 e. The first kappa shape index (κ1) is 16.2. The number of aromatic amines is 1. The third kappa shape index (κ3) is 3.03. The van der Waals surface area contributed by atoms with E-state index < -0.39 is 0 Å². The highest BCUT2D eigenvalue weighted by atomic mass is 16.2. The molecule has 4 rings (SSSR count). The third-order valence-electron chi connectivity index (χ3n) is 5.92. The van der Waals surface area contributed by atoms with E-state index in [-0.39, 0.29) is 11.6 Å². The van der Waals surface area contributed by atoms with Crippen LogP contribution in [0.1, 0.15) is 38.2 Å². The molecule has 1 aliphatic carbocycles. The van der Waals surface area contributed by atoms with Gasteiger partial charge in [-0.3, -0.25) is 4.79 Å². The van der Waals surface area contributed by atoms with Crippen LogP contribution >= 0.6 is 0 Å². The maximum absolute atomic E-state index is 12.8. The number of benzene rings is 1. The highest BCUT2D eigenvalue weighted by Crippen LogP contribution is 2.39. The van der Waals surface area contributed by atoms with Crippen molar-refractivity contribution >= 4 is 16.9 Å². The summed E-state index contributed by atoms with van der Waals surface area (Å²) in [7, 11) is 0. The second kappa shape index (κ2) is 6.54. The summed E-state index contributed by atoms with van der Waals surface area (Å²) in [4.78, 5) is 29.5. The Kier molecular flexibility index (Phi) is 4.24. The summed E-state index contributed by atoms with van der Waals surface area (Å²) < 4.78 is 0. The zero-order chi connectivity index (χ0) is 17.4. The highest BCUT2D eigenvalue weighted by molar-refractivity contribution is 5.82. The number of para-hydroxylation sites is 1. The van der Waals surface area contributed by atoms with Crippen LogP contribution < -0.4 is 10.9 Å². The lowest BCUT2D eigenvalue weighted by Gasteiger charge is -2.32. The van der Waals surface area contributed by atoms with Gasteiger partial charge in [-0.1, -0.05) is 38.0 Å². The molecule has 3 atom stereocenters. The van der Waals surface area contributed by atoms with E-state index in [0.29, 0.717) is 24.4 Å². The molecule has 5 heteroatoms. The first-order chi connectivity index (χ1) is 12.1. The number of aromatic nitrogens is 1. The molecule has 1 saturated carbocycles. The number of H-pyrrole nitrogens is 1. The largest absolute Gasteiger partial charge is 0.334 e. The van der Waals surface area contributed by atoms with Crippen LogP contribution in [-0.4, -0.2) is 28.5 Å². The van der Waals surface area contributed by atoms with E-state index in [1.54, 1.807) is 6.07 Å². The lowest BCUT2D eigenvalue weighted by atomic mass is 9.80. The third-order valence-corrected chi connectivity index (χ3v) is 5.92. The minimum Gasteiger partial charge on any atom is -0.334 e. The fourth-order valence-electron chi connectivity index (χ4n) is 4.70. The van der Waals surface area contributed by atoms with Crippen LogP contribution in [-0.2, 0) is 6.54 Å². The standard InChI is InChI=1S/C20H25N3O2/c1-13-12-23(18-9-5-3-6-15(13)18)20(25)21-11-14-10-19(24)22-17-8-4-2-7-16(14)17/h2,4,7-8,10,13,15,18H,3,5-6,9,11-12H2,1H3,(H,21,25)(H,22,24)/t13-,15-,18-/m1/s1. The molecule has 0 radical (unpaired) electrons. The molecule has 2 aliphatic rings. The van der Waals surface area contributed by atoms with Crippen molar-refractivity contribution in [3.63, 3.8) is 0 Å². The van der Waals surface area contributed by atoms with E-state index in [1.165, 1.54) is 19.3 Å². The predicted molar refractivity (Wildman–Crippen MR) is 98.4 cm³/mol. The molecule has 0 unspecified atom stereocenters. The van der Waals surface area contributed by atoms with Gasteiger partial charge in [-0.05, 0) is 36.3 Å². The SMILES string of the molecule is C[C@@H]1CN(C(=O)NCc2cc(=O)[nH]c3ccccc23)[C@@H]2CCCC[C@H]12. The van der Waals surface area contributed by atoms with Gasteiger partial charge in [0.2, 0.25) is 5.56 Å². The molecule has 132 valence electrons. The summed E-state index contributed by atoms with van der Waals surface area (Å²) in [6.07, 6.45) is 4.88. The topological polar surface area (TPSA) is 65.2 Å². The van der Waals surface area contributed by atoms with Gasteiger partial charge in [0.25, 0.3) is 0 Å². The predicted octanol–water partition coefficient (Wildman–Crippen LogP) is 3.25. The Hall–Kier alpha value is -2.30. The Bertz CT molecular complexity index is 844. The van der Waals surface area contributed by atoms with Gasteiger partial charge < -0.3 is 15.2 Å². The van der Waals surface area contributed by atoms with Crippen LogP contribution in [0.4, 0.5) is 4.79 Å². The molecular weight excluding hydrogens is 314 g/mol. The summed E-state index contributed by atoms with van der Waals surface area (Å²) >= 11 is 0. The zero-order valence-electron chi connectivity index (χ0n) is 14.6. The van der Waals surface area contributed by atoms with Gasteiger partial charge in [0.15, 0.2) is 0 Å². The van der Waals surface area contributed by atoms with E-state index in [0.717, 1.165) is 29.4 Å². The Morgan fingerprint density at radius 2 is 2.08 bits per heavy atom. The normalized spacial score (nSPS) is 25.8. The smallest absolute Gasteiger partial charge is 0.317 e. The average Bonchev–Trinajstić information content (AvgIpc) is 2.96.